The van der Waals surface area contributed by atoms with Crippen molar-refractivity contribution in [2.24, 2.45) is 0 Å². The van der Waals surface area contributed by atoms with Crippen molar-refractivity contribution in [2.45, 2.75) is 51.0 Å². The summed E-state index contributed by atoms with van der Waals surface area (Å²) in [5.74, 6) is 0. The minimum absolute atomic E-state index is 0.0865. The number of rotatable bonds is 4. The maximum absolute atomic E-state index is 12.4. The average molecular weight is 331 g/mol. The van der Waals surface area contributed by atoms with E-state index in [1.807, 2.05) is 26.0 Å². The Morgan fingerprint density at radius 2 is 1.43 bits per heavy atom. The highest BCUT2D eigenvalue weighted by atomic mass is 32.2. The molecule has 0 fully saturated rings. The topological polar surface area (TPSA) is 46.2 Å². The standard InChI is InChI=1S/C19H25NO2S/c1-14-6-12-18(13-7-14)23(21,22)20-15(2)16-8-10-17(11-9-16)19(3,4)5/h6-13,15,20H,1-5H3/t15-/m0/s1. The highest BCUT2D eigenvalue weighted by Gasteiger charge is 2.19. The van der Waals surface area contributed by atoms with Crippen LogP contribution in [0.4, 0.5) is 0 Å². The van der Waals surface area contributed by atoms with Crippen LogP contribution < -0.4 is 4.72 Å². The summed E-state index contributed by atoms with van der Waals surface area (Å²) in [4.78, 5) is 0.293. The van der Waals surface area contributed by atoms with Gasteiger partial charge in [0, 0.05) is 6.04 Å². The van der Waals surface area contributed by atoms with E-state index in [1.165, 1.54) is 5.56 Å². The minimum atomic E-state index is -3.51. The first kappa shape index (κ1) is 17.7. The highest BCUT2D eigenvalue weighted by molar-refractivity contribution is 7.89. The third kappa shape index (κ3) is 4.43. The van der Waals surface area contributed by atoms with Gasteiger partial charge < -0.3 is 0 Å². The molecule has 3 nitrogen and oxygen atoms in total. The molecule has 1 atom stereocenters. The van der Waals surface area contributed by atoms with Crippen LogP contribution in [-0.4, -0.2) is 8.42 Å². The van der Waals surface area contributed by atoms with Crippen LogP contribution in [0, 0.1) is 6.92 Å². The van der Waals surface area contributed by atoms with Crippen molar-refractivity contribution < 1.29 is 8.42 Å². The summed E-state index contributed by atoms with van der Waals surface area (Å²) in [7, 11) is -3.51. The fourth-order valence-electron chi connectivity index (χ4n) is 2.36. The Kier molecular flexibility index (Phi) is 4.97. The third-order valence-electron chi connectivity index (χ3n) is 3.94. The van der Waals surface area contributed by atoms with Gasteiger partial charge >= 0.3 is 0 Å². The fourth-order valence-corrected chi connectivity index (χ4v) is 3.59. The zero-order chi connectivity index (χ0) is 17.3. The minimum Gasteiger partial charge on any atom is -0.207 e. The first-order valence-electron chi connectivity index (χ1n) is 7.79. The van der Waals surface area contributed by atoms with E-state index in [0.29, 0.717) is 4.90 Å². The Labute approximate surface area is 139 Å². The van der Waals surface area contributed by atoms with Gasteiger partial charge in [0.05, 0.1) is 4.90 Å². The van der Waals surface area contributed by atoms with Gasteiger partial charge in [-0.25, -0.2) is 13.1 Å². The predicted molar refractivity (Wildman–Crippen MR) is 95.1 cm³/mol. The summed E-state index contributed by atoms with van der Waals surface area (Å²) in [6.07, 6.45) is 0. The summed E-state index contributed by atoms with van der Waals surface area (Å²) in [5.41, 5.74) is 3.31. The molecule has 0 amide bonds. The molecular formula is C19H25NO2S. The van der Waals surface area contributed by atoms with Gasteiger partial charge in [-0.2, -0.15) is 0 Å². The molecule has 0 radical (unpaired) electrons. The zero-order valence-corrected chi connectivity index (χ0v) is 15.2. The van der Waals surface area contributed by atoms with Crippen LogP contribution in [-0.2, 0) is 15.4 Å². The molecule has 0 aliphatic rings. The lowest BCUT2D eigenvalue weighted by atomic mass is 9.86. The van der Waals surface area contributed by atoms with Crippen molar-refractivity contribution in [3.63, 3.8) is 0 Å². The molecule has 124 valence electrons. The number of hydrogen-bond acceptors (Lipinski definition) is 2. The van der Waals surface area contributed by atoms with Crippen molar-refractivity contribution in [3.8, 4) is 0 Å². The largest absolute Gasteiger partial charge is 0.241 e. The number of sulfonamides is 1. The maximum Gasteiger partial charge on any atom is 0.241 e. The summed E-state index contributed by atoms with van der Waals surface area (Å²) >= 11 is 0. The van der Waals surface area contributed by atoms with Gasteiger partial charge in [-0.05, 0) is 42.5 Å². The van der Waals surface area contributed by atoms with E-state index in [2.05, 4.69) is 37.6 Å². The molecule has 1 N–H and O–H groups in total. The average Bonchev–Trinajstić information content (AvgIpc) is 2.46. The monoisotopic (exact) mass is 331 g/mol. The lowest BCUT2D eigenvalue weighted by Gasteiger charge is -2.20. The molecule has 0 spiro atoms. The van der Waals surface area contributed by atoms with Crippen molar-refractivity contribution in [1.82, 2.24) is 4.72 Å². The second-order valence-electron chi connectivity index (χ2n) is 7.03. The normalized spacial score (nSPS) is 13.8. The van der Waals surface area contributed by atoms with Crippen molar-refractivity contribution in [3.05, 3.63) is 65.2 Å². The van der Waals surface area contributed by atoms with E-state index in [9.17, 15) is 8.42 Å². The van der Waals surface area contributed by atoms with Crippen LogP contribution in [0.25, 0.3) is 0 Å². The van der Waals surface area contributed by atoms with Crippen molar-refractivity contribution >= 4 is 10.0 Å². The fraction of sp³-hybridized carbons (Fsp3) is 0.368. The molecule has 0 saturated carbocycles. The molecule has 0 unspecified atom stereocenters. The summed E-state index contributed by atoms with van der Waals surface area (Å²) in [5, 5.41) is 0. The molecule has 0 saturated heterocycles. The van der Waals surface area contributed by atoms with Crippen molar-refractivity contribution in [2.75, 3.05) is 0 Å². The van der Waals surface area contributed by atoms with Crippen LogP contribution in [0.15, 0.2) is 53.4 Å². The SMILES string of the molecule is Cc1ccc(S(=O)(=O)N[C@@H](C)c2ccc(C(C)(C)C)cc2)cc1. The van der Waals surface area contributed by atoms with E-state index in [-0.39, 0.29) is 11.5 Å². The van der Waals surface area contributed by atoms with E-state index in [1.54, 1.807) is 24.3 Å². The number of aryl methyl sites for hydroxylation is 1. The third-order valence-corrected chi connectivity index (χ3v) is 5.50. The van der Waals surface area contributed by atoms with E-state index in [0.717, 1.165) is 11.1 Å². The Morgan fingerprint density at radius 3 is 1.91 bits per heavy atom. The van der Waals surface area contributed by atoms with Gasteiger partial charge in [-0.1, -0.05) is 62.7 Å². The van der Waals surface area contributed by atoms with E-state index >= 15 is 0 Å². The summed E-state index contributed by atoms with van der Waals surface area (Å²) in [6, 6.07) is 14.7. The Morgan fingerprint density at radius 1 is 0.913 bits per heavy atom. The lowest BCUT2D eigenvalue weighted by molar-refractivity contribution is 0.566. The van der Waals surface area contributed by atoms with Gasteiger partial charge in [-0.3, -0.25) is 0 Å². The van der Waals surface area contributed by atoms with Crippen LogP contribution in [0.5, 0.6) is 0 Å². The Bertz CT molecular complexity index is 755. The van der Waals surface area contributed by atoms with Gasteiger partial charge in [0.25, 0.3) is 0 Å². The first-order valence-corrected chi connectivity index (χ1v) is 9.27. The second-order valence-corrected chi connectivity index (χ2v) is 8.74. The van der Waals surface area contributed by atoms with Gasteiger partial charge in [0.2, 0.25) is 10.0 Å². The quantitative estimate of drug-likeness (QED) is 0.906. The van der Waals surface area contributed by atoms with E-state index in [4.69, 9.17) is 0 Å². The molecule has 4 heteroatoms. The number of hydrogen-bond donors (Lipinski definition) is 1. The highest BCUT2D eigenvalue weighted by Crippen LogP contribution is 2.24. The summed E-state index contributed by atoms with van der Waals surface area (Å²) in [6.45, 7) is 10.3. The maximum atomic E-state index is 12.4. The van der Waals surface area contributed by atoms with Crippen molar-refractivity contribution in [1.29, 1.82) is 0 Å². The molecule has 0 bridgehead atoms. The van der Waals surface area contributed by atoms with Gasteiger partial charge in [-0.15, -0.1) is 0 Å². The number of nitrogens with one attached hydrogen (secondary N) is 1. The van der Waals surface area contributed by atoms with Gasteiger partial charge in [0.15, 0.2) is 0 Å². The predicted octanol–water partition coefficient (Wildman–Crippen LogP) is 4.33. The molecule has 0 aliphatic heterocycles. The molecule has 0 aliphatic carbocycles. The lowest BCUT2D eigenvalue weighted by Crippen LogP contribution is -2.27. The Balaban J connectivity index is 2.18. The Hall–Kier alpha value is -1.65. The molecule has 2 aromatic carbocycles. The van der Waals surface area contributed by atoms with Crippen LogP contribution in [0.3, 0.4) is 0 Å². The molecule has 2 rings (SSSR count). The van der Waals surface area contributed by atoms with Crippen LogP contribution >= 0.6 is 0 Å². The summed E-state index contributed by atoms with van der Waals surface area (Å²) < 4.78 is 27.6. The zero-order valence-electron chi connectivity index (χ0n) is 14.4. The number of benzene rings is 2. The second kappa shape index (κ2) is 6.46. The smallest absolute Gasteiger partial charge is 0.207 e. The van der Waals surface area contributed by atoms with Gasteiger partial charge in [0.1, 0.15) is 0 Å². The molecule has 2 aromatic rings. The molecular weight excluding hydrogens is 306 g/mol. The first-order chi connectivity index (χ1) is 10.6. The van der Waals surface area contributed by atoms with Crippen LogP contribution in [0.1, 0.15) is 50.4 Å². The van der Waals surface area contributed by atoms with E-state index < -0.39 is 10.0 Å². The van der Waals surface area contributed by atoms with Crippen LogP contribution in [0.2, 0.25) is 0 Å². The molecule has 0 aromatic heterocycles. The molecule has 0 heterocycles. The molecule has 23 heavy (non-hydrogen) atoms.